The monoisotopic (exact) mass is 256 g/mol. The van der Waals surface area contributed by atoms with Gasteiger partial charge in [-0.15, -0.1) is 0 Å². The SMILES string of the molecule is Fc1ccccc1-c1cnn(-c2ccccc2F)c1. The van der Waals surface area contributed by atoms with Gasteiger partial charge in [0, 0.05) is 17.3 Å². The molecule has 0 radical (unpaired) electrons. The van der Waals surface area contributed by atoms with Gasteiger partial charge in [-0.2, -0.15) is 5.10 Å². The fourth-order valence-electron chi connectivity index (χ4n) is 1.93. The van der Waals surface area contributed by atoms with Crippen molar-refractivity contribution in [2.45, 2.75) is 0 Å². The highest BCUT2D eigenvalue weighted by Crippen LogP contribution is 2.23. The minimum absolute atomic E-state index is 0.324. The van der Waals surface area contributed by atoms with Crippen LogP contribution >= 0.6 is 0 Å². The van der Waals surface area contributed by atoms with E-state index in [0.717, 1.165) is 0 Å². The summed E-state index contributed by atoms with van der Waals surface area (Å²) in [6, 6.07) is 12.7. The molecule has 3 rings (SSSR count). The van der Waals surface area contributed by atoms with Gasteiger partial charge < -0.3 is 0 Å². The quantitative estimate of drug-likeness (QED) is 0.681. The lowest BCUT2D eigenvalue weighted by molar-refractivity contribution is 0.611. The van der Waals surface area contributed by atoms with E-state index in [1.807, 2.05) is 0 Å². The van der Waals surface area contributed by atoms with Crippen molar-refractivity contribution in [3.63, 3.8) is 0 Å². The van der Waals surface area contributed by atoms with E-state index in [9.17, 15) is 8.78 Å². The lowest BCUT2D eigenvalue weighted by Crippen LogP contribution is -1.97. The molecule has 0 bridgehead atoms. The first kappa shape index (κ1) is 11.6. The molecule has 0 atom stereocenters. The molecule has 0 saturated heterocycles. The van der Waals surface area contributed by atoms with Crippen molar-refractivity contribution in [1.29, 1.82) is 0 Å². The number of nitrogens with zero attached hydrogens (tertiary/aromatic N) is 2. The summed E-state index contributed by atoms with van der Waals surface area (Å²) in [5, 5.41) is 4.07. The molecule has 0 aliphatic carbocycles. The third-order valence-corrected chi connectivity index (χ3v) is 2.87. The molecule has 0 unspecified atom stereocenters. The summed E-state index contributed by atoms with van der Waals surface area (Å²) < 4.78 is 28.7. The summed E-state index contributed by atoms with van der Waals surface area (Å²) >= 11 is 0. The molecule has 1 aromatic heterocycles. The van der Waals surface area contributed by atoms with Gasteiger partial charge in [-0.1, -0.05) is 30.3 Å². The maximum atomic E-state index is 13.7. The first-order valence-electron chi connectivity index (χ1n) is 5.80. The molecule has 94 valence electrons. The van der Waals surface area contributed by atoms with Gasteiger partial charge in [-0.05, 0) is 18.2 Å². The molecule has 0 aliphatic heterocycles. The Morgan fingerprint density at radius 2 is 1.53 bits per heavy atom. The largest absolute Gasteiger partial charge is 0.237 e. The highest BCUT2D eigenvalue weighted by molar-refractivity contribution is 5.62. The normalized spacial score (nSPS) is 10.6. The molecule has 1 heterocycles. The molecule has 0 fully saturated rings. The van der Waals surface area contributed by atoms with E-state index in [1.54, 1.807) is 42.6 Å². The lowest BCUT2D eigenvalue weighted by atomic mass is 10.1. The Morgan fingerprint density at radius 1 is 0.842 bits per heavy atom. The van der Waals surface area contributed by atoms with Gasteiger partial charge in [0.25, 0.3) is 0 Å². The number of hydrogen-bond donors (Lipinski definition) is 0. The fraction of sp³-hybridized carbons (Fsp3) is 0. The van der Waals surface area contributed by atoms with Crippen LogP contribution in [-0.4, -0.2) is 9.78 Å². The summed E-state index contributed by atoms with van der Waals surface area (Å²) in [4.78, 5) is 0. The molecular weight excluding hydrogens is 246 g/mol. The molecule has 0 saturated carbocycles. The molecular formula is C15H10F2N2. The van der Waals surface area contributed by atoms with Gasteiger partial charge in [0.15, 0.2) is 0 Å². The van der Waals surface area contributed by atoms with Crippen molar-refractivity contribution in [2.24, 2.45) is 0 Å². The average Bonchev–Trinajstić information content (AvgIpc) is 2.89. The molecule has 0 aliphatic rings. The predicted molar refractivity (Wildman–Crippen MR) is 68.9 cm³/mol. The van der Waals surface area contributed by atoms with Gasteiger partial charge in [0.2, 0.25) is 0 Å². The predicted octanol–water partition coefficient (Wildman–Crippen LogP) is 3.82. The summed E-state index contributed by atoms with van der Waals surface area (Å²) in [7, 11) is 0. The lowest BCUT2D eigenvalue weighted by Gasteiger charge is -2.02. The van der Waals surface area contributed by atoms with Crippen molar-refractivity contribution < 1.29 is 8.78 Å². The summed E-state index contributed by atoms with van der Waals surface area (Å²) in [5.41, 5.74) is 1.40. The fourth-order valence-corrected chi connectivity index (χ4v) is 1.93. The first-order valence-corrected chi connectivity index (χ1v) is 5.80. The molecule has 4 heteroatoms. The molecule has 3 aromatic rings. The van der Waals surface area contributed by atoms with E-state index in [0.29, 0.717) is 16.8 Å². The molecule has 0 spiro atoms. The van der Waals surface area contributed by atoms with Crippen molar-refractivity contribution in [3.05, 3.63) is 72.6 Å². The number of rotatable bonds is 2. The molecule has 0 amide bonds. The van der Waals surface area contributed by atoms with Crippen LogP contribution in [0.3, 0.4) is 0 Å². The van der Waals surface area contributed by atoms with Crippen molar-refractivity contribution in [1.82, 2.24) is 9.78 Å². The van der Waals surface area contributed by atoms with Crippen LogP contribution in [0.2, 0.25) is 0 Å². The van der Waals surface area contributed by atoms with Crippen LogP contribution in [0.4, 0.5) is 8.78 Å². The van der Waals surface area contributed by atoms with Gasteiger partial charge in [0.1, 0.15) is 17.3 Å². The van der Waals surface area contributed by atoms with E-state index >= 15 is 0 Å². The standard InChI is InChI=1S/C15H10F2N2/c16-13-6-2-1-5-12(13)11-9-18-19(10-11)15-8-4-3-7-14(15)17/h1-10H. The number of hydrogen-bond acceptors (Lipinski definition) is 1. The Hall–Kier alpha value is -2.49. The van der Waals surface area contributed by atoms with Gasteiger partial charge in [-0.3, -0.25) is 0 Å². The smallest absolute Gasteiger partial charge is 0.148 e. The van der Waals surface area contributed by atoms with E-state index in [-0.39, 0.29) is 11.6 Å². The number of benzene rings is 2. The van der Waals surface area contributed by atoms with Crippen molar-refractivity contribution in [2.75, 3.05) is 0 Å². The van der Waals surface area contributed by atoms with Gasteiger partial charge >= 0.3 is 0 Å². The number of para-hydroxylation sites is 1. The molecule has 2 aromatic carbocycles. The second-order valence-corrected chi connectivity index (χ2v) is 4.10. The molecule has 19 heavy (non-hydrogen) atoms. The van der Waals surface area contributed by atoms with Crippen LogP contribution < -0.4 is 0 Å². The maximum Gasteiger partial charge on any atom is 0.148 e. The zero-order chi connectivity index (χ0) is 13.2. The Bertz CT molecular complexity index is 659. The van der Waals surface area contributed by atoms with E-state index < -0.39 is 0 Å². The van der Waals surface area contributed by atoms with E-state index in [2.05, 4.69) is 5.10 Å². The Kier molecular flexibility index (Phi) is 2.83. The average molecular weight is 256 g/mol. The first-order chi connectivity index (χ1) is 9.25. The third-order valence-electron chi connectivity index (χ3n) is 2.87. The highest BCUT2D eigenvalue weighted by atomic mass is 19.1. The molecule has 0 N–H and O–H groups in total. The summed E-state index contributed by atoms with van der Waals surface area (Å²) in [5.74, 6) is -0.693. The second-order valence-electron chi connectivity index (χ2n) is 4.10. The van der Waals surface area contributed by atoms with Crippen molar-refractivity contribution >= 4 is 0 Å². The van der Waals surface area contributed by atoms with Crippen LogP contribution in [0.15, 0.2) is 60.9 Å². The van der Waals surface area contributed by atoms with Crippen LogP contribution in [0.5, 0.6) is 0 Å². The van der Waals surface area contributed by atoms with Crippen LogP contribution in [-0.2, 0) is 0 Å². The third kappa shape index (κ3) is 2.12. The minimum Gasteiger partial charge on any atom is -0.237 e. The van der Waals surface area contributed by atoms with Crippen LogP contribution in [0, 0.1) is 11.6 Å². The van der Waals surface area contributed by atoms with E-state index in [4.69, 9.17) is 0 Å². The van der Waals surface area contributed by atoms with Gasteiger partial charge in [0.05, 0.1) is 6.20 Å². The highest BCUT2D eigenvalue weighted by Gasteiger charge is 2.09. The number of halogens is 2. The van der Waals surface area contributed by atoms with Crippen LogP contribution in [0.1, 0.15) is 0 Å². The van der Waals surface area contributed by atoms with E-state index in [1.165, 1.54) is 23.0 Å². The Balaban J connectivity index is 2.06. The topological polar surface area (TPSA) is 17.8 Å². The van der Waals surface area contributed by atoms with Gasteiger partial charge in [-0.25, -0.2) is 13.5 Å². The summed E-state index contributed by atoms with van der Waals surface area (Å²) in [6.45, 7) is 0. The zero-order valence-corrected chi connectivity index (χ0v) is 9.92. The Labute approximate surface area is 108 Å². The van der Waals surface area contributed by atoms with Crippen LogP contribution in [0.25, 0.3) is 16.8 Å². The second kappa shape index (κ2) is 4.65. The zero-order valence-electron chi connectivity index (χ0n) is 9.92. The number of aromatic nitrogens is 2. The van der Waals surface area contributed by atoms with Crippen molar-refractivity contribution in [3.8, 4) is 16.8 Å². The maximum absolute atomic E-state index is 13.7. The Morgan fingerprint density at radius 3 is 2.26 bits per heavy atom. The minimum atomic E-state index is -0.370. The summed E-state index contributed by atoms with van der Waals surface area (Å²) in [6.07, 6.45) is 3.13. The molecule has 2 nitrogen and oxygen atoms in total.